The highest BCUT2D eigenvalue weighted by molar-refractivity contribution is 7.92. The van der Waals surface area contributed by atoms with E-state index in [4.69, 9.17) is 0 Å². The fraction of sp³-hybridized carbons (Fsp3) is 0.333. The van der Waals surface area contributed by atoms with Gasteiger partial charge in [0.25, 0.3) is 0 Å². The predicted octanol–water partition coefficient (Wildman–Crippen LogP) is 2.72. The van der Waals surface area contributed by atoms with Gasteiger partial charge in [-0.25, -0.2) is 4.21 Å². The van der Waals surface area contributed by atoms with Crippen LogP contribution >= 0.6 is 0 Å². The lowest BCUT2D eigenvalue weighted by Crippen LogP contribution is -2.07. The van der Waals surface area contributed by atoms with Crippen LogP contribution in [0.4, 0.5) is 22.7 Å². The smallest absolute Gasteiger partial charge is 0.250 e. The Morgan fingerprint density at radius 1 is 1.11 bits per heavy atom. The maximum atomic E-state index is 12.7. The molecule has 1 rings (SSSR count). The molecule has 10 heteroatoms. The Morgan fingerprint density at radius 2 is 1.63 bits per heavy atom. The molecule has 0 atom stereocenters. The van der Waals surface area contributed by atoms with Crippen molar-refractivity contribution in [2.75, 3.05) is 12.5 Å². The van der Waals surface area contributed by atoms with E-state index in [2.05, 4.69) is 4.36 Å². The lowest BCUT2D eigenvalue weighted by atomic mass is 10.2. The largest absolute Gasteiger partial charge is 0.418 e. The molecule has 0 aliphatic heterocycles. The van der Waals surface area contributed by atoms with E-state index < -0.39 is 42.3 Å². The third-order valence-electron chi connectivity index (χ3n) is 1.87. The first-order chi connectivity index (χ1) is 8.31. The number of nitrogens with zero attached hydrogens (tertiary/aromatic N) is 1. The first-order valence-corrected chi connectivity index (χ1v) is 8.35. The summed E-state index contributed by atoms with van der Waals surface area (Å²) in [5.41, 5.74) is -2.16. The quantitative estimate of drug-likeness (QED) is 0.622. The number of benzene rings is 1. The summed E-state index contributed by atoms with van der Waals surface area (Å²) < 4.78 is 86.8. The van der Waals surface area contributed by atoms with E-state index in [1.54, 1.807) is 0 Å². The van der Waals surface area contributed by atoms with E-state index in [1.165, 1.54) is 0 Å². The van der Waals surface area contributed by atoms with Crippen molar-refractivity contribution in [2.45, 2.75) is 11.1 Å². The van der Waals surface area contributed by atoms with E-state index in [0.717, 1.165) is 12.5 Å². The molecule has 1 aromatic rings. The normalized spacial score (nSPS) is 13.4. The van der Waals surface area contributed by atoms with Gasteiger partial charge in [-0.15, -0.1) is 3.89 Å². The summed E-state index contributed by atoms with van der Waals surface area (Å²) >= 11 is 0. The minimum atomic E-state index is -5.26. The zero-order chi connectivity index (χ0) is 15.1. The van der Waals surface area contributed by atoms with Crippen molar-refractivity contribution >= 4 is 25.6 Å². The highest BCUT2D eigenvalue weighted by Crippen LogP contribution is 2.38. The molecule has 0 heterocycles. The number of hydrogen-bond acceptors (Lipinski definition) is 4. The zero-order valence-electron chi connectivity index (χ0n) is 9.73. The van der Waals surface area contributed by atoms with Gasteiger partial charge in [0.15, 0.2) is 0 Å². The number of hydrogen-bond donors (Lipinski definition) is 0. The molecule has 0 spiro atoms. The Balaban J connectivity index is 3.66. The molecular formula is C9H9F4NO3S2. The van der Waals surface area contributed by atoms with Gasteiger partial charge >= 0.3 is 16.4 Å². The van der Waals surface area contributed by atoms with Gasteiger partial charge in [-0.05, 0) is 18.2 Å². The maximum absolute atomic E-state index is 12.7. The second-order valence-corrected chi connectivity index (χ2v) is 7.78. The van der Waals surface area contributed by atoms with Crippen LogP contribution in [0, 0.1) is 0 Å². The maximum Gasteiger partial charge on any atom is 0.418 e. The molecule has 0 unspecified atom stereocenters. The molecule has 0 bridgehead atoms. The zero-order valence-corrected chi connectivity index (χ0v) is 11.4. The SMILES string of the molecule is CS(C)(=O)=Nc1ccc(S(=O)(=O)F)cc1C(F)(F)F. The van der Waals surface area contributed by atoms with Gasteiger partial charge in [0.05, 0.1) is 16.1 Å². The molecule has 0 N–H and O–H groups in total. The Bertz CT molecular complexity index is 707. The number of alkyl halides is 3. The summed E-state index contributed by atoms with van der Waals surface area (Å²) in [5, 5.41) is 0. The van der Waals surface area contributed by atoms with E-state index in [0.29, 0.717) is 12.1 Å². The summed E-state index contributed by atoms with van der Waals surface area (Å²) in [5.74, 6) is 0. The van der Waals surface area contributed by atoms with E-state index in [1.807, 2.05) is 0 Å². The van der Waals surface area contributed by atoms with E-state index in [9.17, 15) is 29.7 Å². The lowest BCUT2D eigenvalue weighted by molar-refractivity contribution is -0.137. The van der Waals surface area contributed by atoms with Gasteiger partial charge in [-0.1, -0.05) is 0 Å². The second kappa shape index (κ2) is 4.75. The fourth-order valence-electron chi connectivity index (χ4n) is 1.21. The minimum absolute atomic E-state index is 0.124. The van der Waals surface area contributed by atoms with Crippen LogP contribution in [-0.2, 0) is 26.1 Å². The van der Waals surface area contributed by atoms with Crippen LogP contribution < -0.4 is 0 Å². The van der Waals surface area contributed by atoms with Gasteiger partial charge in [-0.3, -0.25) is 0 Å². The molecule has 0 aromatic heterocycles. The molecule has 0 radical (unpaired) electrons. The Morgan fingerprint density at radius 3 is 2.00 bits per heavy atom. The van der Waals surface area contributed by atoms with Crippen molar-refractivity contribution < 1.29 is 29.7 Å². The fourth-order valence-corrected chi connectivity index (χ4v) is 2.33. The molecule has 0 fully saturated rings. The van der Waals surface area contributed by atoms with Crippen LogP contribution in [-0.4, -0.2) is 25.1 Å². The second-order valence-electron chi connectivity index (χ2n) is 3.89. The predicted molar refractivity (Wildman–Crippen MR) is 61.8 cm³/mol. The molecule has 1 aromatic carbocycles. The summed E-state index contributed by atoms with van der Waals surface area (Å²) in [4.78, 5) is -1.13. The minimum Gasteiger partial charge on any atom is -0.250 e. The monoisotopic (exact) mass is 319 g/mol. The van der Waals surface area contributed by atoms with E-state index >= 15 is 0 Å². The van der Waals surface area contributed by atoms with Crippen LogP contribution in [0.2, 0.25) is 0 Å². The summed E-state index contributed by atoms with van der Waals surface area (Å²) in [6.45, 7) is 0. The lowest BCUT2D eigenvalue weighted by Gasteiger charge is -2.11. The molecule has 0 aliphatic rings. The van der Waals surface area contributed by atoms with Crippen LogP contribution in [0.15, 0.2) is 27.5 Å². The first-order valence-electron chi connectivity index (χ1n) is 4.64. The summed E-state index contributed by atoms with van der Waals surface area (Å²) in [6.07, 6.45) is -2.70. The van der Waals surface area contributed by atoms with Gasteiger partial charge < -0.3 is 0 Å². The van der Waals surface area contributed by atoms with Crippen molar-refractivity contribution in [1.82, 2.24) is 0 Å². The molecule has 108 valence electrons. The van der Waals surface area contributed by atoms with Crippen LogP contribution in [0.25, 0.3) is 0 Å². The Labute approximate surface area is 107 Å². The molecule has 0 saturated heterocycles. The highest BCUT2D eigenvalue weighted by Gasteiger charge is 2.35. The van der Waals surface area contributed by atoms with Crippen LogP contribution in [0.5, 0.6) is 0 Å². The van der Waals surface area contributed by atoms with Crippen LogP contribution in [0.1, 0.15) is 5.56 Å². The van der Waals surface area contributed by atoms with Crippen molar-refractivity contribution in [2.24, 2.45) is 4.36 Å². The summed E-state index contributed by atoms with van der Waals surface area (Å²) in [6, 6.07) is 1.43. The average molecular weight is 319 g/mol. The Kier molecular flexibility index (Phi) is 3.97. The molecule has 0 saturated carbocycles. The van der Waals surface area contributed by atoms with Crippen LogP contribution in [0.3, 0.4) is 0 Å². The third-order valence-corrected chi connectivity index (χ3v) is 3.33. The molecule has 0 amide bonds. The standard InChI is InChI=1S/C9H9F4NO3S2/c1-18(2,15)14-8-4-3-6(19(13,16)17)5-7(8)9(10,11)12/h3-5H,1-2H3. The van der Waals surface area contributed by atoms with E-state index in [-0.39, 0.29) is 6.07 Å². The van der Waals surface area contributed by atoms with Crippen molar-refractivity contribution in [3.05, 3.63) is 23.8 Å². The van der Waals surface area contributed by atoms with Crippen molar-refractivity contribution in [1.29, 1.82) is 0 Å². The summed E-state index contributed by atoms with van der Waals surface area (Å²) in [7, 11) is -8.14. The Hall–Kier alpha value is -1.16. The van der Waals surface area contributed by atoms with Crippen molar-refractivity contribution in [3.63, 3.8) is 0 Å². The average Bonchev–Trinajstić information content (AvgIpc) is 2.11. The first kappa shape index (κ1) is 15.9. The van der Waals surface area contributed by atoms with Gasteiger partial charge in [0, 0.05) is 22.2 Å². The highest BCUT2D eigenvalue weighted by atomic mass is 32.3. The molecular weight excluding hydrogens is 310 g/mol. The molecule has 0 aliphatic carbocycles. The number of rotatable bonds is 2. The number of halogens is 4. The van der Waals surface area contributed by atoms with Gasteiger partial charge in [-0.2, -0.15) is 26.0 Å². The third kappa shape index (κ3) is 4.46. The topological polar surface area (TPSA) is 63.6 Å². The molecule has 19 heavy (non-hydrogen) atoms. The molecule has 4 nitrogen and oxygen atoms in total. The van der Waals surface area contributed by atoms with Crippen molar-refractivity contribution in [3.8, 4) is 0 Å². The van der Waals surface area contributed by atoms with Gasteiger partial charge in [0.2, 0.25) is 0 Å². The van der Waals surface area contributed by atoms with Gasteiger partial charge in [0.1, 0.15) is 0 Å².